The summed E-state index contributed by atoms with van der Waals surface area (Å²) in [5.74, 6) is -0.532. The van der Waals surface area contributed by atoms with Gasteiger partial charge in [0.2, 0.25) is 0 Å². The van der Waals surface area contributed by atoms with Gasteiger partial charge in [0.1, 0.15) is 10.7 Å². The molecule has 20 heavy (non-hydrogen) atoms. The molecule has 1 heterocycles. The number of rotatable bonds is 4. The molecule has 2 aromatic rings. The molecule has 1 aromatic carbocycles. The largest absolute Gasteiger partial charge is 0.355 e. The van der Waals surface area contributed by atoms with E-state index in [-0.39, 0.29) is 11.8 Å². The molecule has 0 saturated heterocycles. The van der Waals surface area contributed by atoms with Crippen LogP contribution in [0, 0.1) is 0 Å². The van der Waals surface area contributed by atoms with Crippen LogP contribution in [0.3, 0.4) is 0 Å². The number of thiazole rings is 1. The van der Waals surface area contributed by atoms with E-state index in [1.54, 1.807) is 36.7 Å². The summed E-state index contributed by atoms with van der Waals surface area (Å²) in [6.45, 7) is 0.310. The summed E-state index contributed by atoms with van der Waals surface area (Å²) in [6.07, 6.45) is 0. The summed E-state index contributed by atoms with van der Waals surface area (Å²) in [7, 11) is 1.55. The van der Waals surface area contributed by atoms with Crippen LogP contribution < -0.4 is 16.4 Å². The molecule has 2 rings (SSSR count). The number of carbonyl (C=O) groups is 2. The number of amides is 2. The van der Waals surface area contributed by atoms with Crippen LogP contribution in [0.1, 0.15) is 25.9 Å². The van der Waals surface area contributed by atoms with Crippen molar-refractivity contribution in [3.8, 4) is 0 Å². The van der Waals surface area contributed by atoms with Gasteiger partial charge in [0, 0.05) is 30.2 Å². The van der Waals surface area contributed by atoms with Crippen molar-refractivity contribution < 1.29 is 9.59 Å². The van der Waals surface area contributed by atoms with Crippen LogP contribution in [0.25, 0.3) is 0 Å². The third kappa shape index (κ3) is 3.19. The van der Waals surface area contributed by atoms with Crippen LogP contribution in [0.5, 0.6) is 0 Å². The second kappa shape index (κ2) is 6.27. The lowest BCUT2D eigenvalue weighted by Gasteiger charge is -2.05. The first-order valence-corrected chi connectivity index (χ1v) is 6.80. The molecule has 0 fully saturated rings. The van der Waals surface area contributed by atoms with Gasteiger partial charge in [0.15, 0.2) is 0 Å². The topological polar surface area (TPSA) is 97.1 Å². The highest BCUT2D eigenvalue weighted by Crippen LogP contribution is 2.14. The van der Waals surface area contributed by atoms with E-state index < -0.39 is 0 Å². The van der Waals surface area contributed by atoms with Gasteiger partial charge >= 0.3 is 0 Å². The maximum Gasteiger partial charge on any atom is 0.275 e. The van der Waals surface area contributed by atoms with Gasteiger partial charge in [-0.25, -0.2) is 4.98 Å². The molecular weight excluding hydrogens is 276 g/mol. The Bertz CT molecular complexity index is 639. The van der Waals surface area contributed by atoms with E-state index in [0.717, 1.165) is 0 Å². The first-order chi connectivity index (χ1) is 9.63. The summed E-state index contributed by atoms with van der Waals surface area (Å²) in [5, 5.41) is 7.58. The Morgan fingerprint density at radius 3 is 2.80 bits per heavy atom. The highest BCUT2D eigenvalue weighted by atomic mass is 32.1. The molecule has 0 aliphatic rings. The number of nitrogens with zero attached hydrogens (tertiary/aromatic N) is 1. The minimum atomic E-state index is -0.324. The van der Waals surface area contributed by atoms with Gasteiger partial charge in [-0.15, -0.1) is 11.3 Å². The second-order valence-corrected chi connectivity index (χ2v) is 4.89. The Morgan fingerprint density at radius 1 is 1.35 bits per heavy atom. The molecule has 0 atom stereocenters. The molecule has 0 radical (unpaired) electrons. The molecule has 0 aliphatic carbocycles. The first-order valence-electron chi connectivity index (χ1n) is 5.92. The summed E-state index contributed by atoms with van der Waals surface area (Å²) in [4.78, 5) is 27.6. The van der Waals surface area contributed by atoms with Gasteiger partial charge in [0.05, 0.1) is 0 Å². The molecule has 0 unspecified atom stereocenters. The zero-order valence-corrected chi connectivity index (χ0v) is 11.7. The van der Waals surface area contributed by atoms with E-state index in [0.29, 0.717) is 28.5 Å². The van der Waals surface area contributed by atoms with Crippen molar-refractivity contribution >= 4 is 28.8 Å². The monoisotopic (exact) mass is 290 g/mol. The molecular formula is C13H14N4O2S. The van der Waals surface area contributed by atoms with Gasteiger partial charge in [-0.05, 0) is 18.2 Å². The SMILES string of the molecule is CNC(=O)c1cccc(NC(=O)c2csc(CN)n2)c1. The number of hydrogen-bond donors (Lipinski definition) is 3. The maximum atomic E-state index is 12.0. The fraction of sp³-hybridized carbons (Fsp3) is 0.154. The van der Waals surface area contributed by atoms with Crippen LogP contribution in [0.15, 0.2) is 29.6 Å². The third-order valence-corrected chi connectivity index (χ3v) is 3.44. The van der Waals surface area contributed by atoms with Crippen LogP contribution in [-0.2, 0) is 6.54 Å². The lowest BCUT2D eigenvalue weighted by Crippen LogP contribution is -2.18. The molecule has 7 heteroatoms. The highest BCUT2D eigenvalue weighted by molar-refractivity contribution is 7.09. The smallest absolute Gasteiger partial charge is 0.275 e. The van der Waals surface area contributed by atoms with Crippen molar-refractivity contribution in [2.24, 2.45) is 5.73 Å². The van der Waals surface area contributed by atoms with Crippen molar-refractivity contribution in [3.05, 3.63) is 45.9 Å². The minimum Gasteiger partial charge on any atom is -0.355 e. The van der Waals surface area contributed by atoms with Crippen molar-refractivity contribution in [1.29, 1.82) is 0 Å². The van der Waals surface area contributed by atoms with Crippen LogP contribution in [-0.4, -0.2) is 23.8 Å². The van der Waals surface area contributed by atoms with E-state index in [1.807, 2.05) is 0 Å². The molecule has 0 bridgehead atoms. The van der Waals surface area contributed by atoms with E-state index in [1.165, 1.54) is 11.3 Å². The lowest BCUT2D eigenvalue weighted by atomic mass is 10.2. The predicted molar refractivity (Wildman–Crippen MR) is 77.8 cm³/mol. The Hall–Kier alpha value is -2.25. The highest BCUT2D eigenvalue weighted by Gasteiger charge is 2.11. The number of anilines is 1. The molecule has 0 spiro atoms. The van der Waals surface area contributed by atoms with Gasteiger partial charge < -0.3 is 16.4 Å². The van der Waals surface area contributed by atoms with Gasteiger partial charge in [0.25, 0.3) is 11.8 Å². The predicted octanol–water partition coefficient (Wildman–Crippen LogP) is 1.21. The van der Waals surface area contributed by atoms with E-state index in [9.17, 15) is 9.59 Å². The number of nitrogens with two attached hydrogens (primary N) is 1. The Balaban J connectivity index is 2.13. The van der Waals surface area contributed by atoms with Gasteiger partial charge in [-0.1, -0.05) is 6.07 Å². The number of aromatic nitrogens is 1. The summed E-state index contributed by atoms with van der Waals surface area (Å²) in [5.41, 5.74) is 6.79. The van der Waals surface area contributed by atoms with Crippen molar-refractivity contribution in [2.45, 2.75) is 6.54 Å². The molecule has 1 aromatic heterocycles. The minimum absolute atomic E-state index is 0.208. The number of benzene rings is 1. The zero-order valence-electron chi connectivity index (χ0n) is 10.8. The summed E-state index contributed by atoms with van der Waals surface area (Å²) < 4.78 is 0. The summed E-state index contributed by atoms with van der Waals surface area (Å²) in [6, 6.07) is 6.68. The number of carbonyl (C=O) groups excluding carboxylic acids is 2. The fourth-order valence-corrected chi connectivity index (χ4v) is 2.24. The molecule has 4 N–H and O–H groups in total. The number of hydrogen-bond acceptors (Lipinski definition) is 5. The van der Waals surface area contributed by atoms with Gasteiger partial charge in [-0.3, -0.25) is 9.59 Å². The van der Waals surface area contributed by atoms with Crippen molar-refractivity contribution in [2.75, 3.05) is 12.4 Å². The second-order valence-electron chi connectivity index (χ2n) is 3.94. The maximum absolute atomic E-state index is 12.0. The molecule has 104 valence electrons. The van der Waals surface area contributed by atoms with E-state index >= 15 is 0 Å². The van der Waals surface area contributed by atoms with Crippen LogP contribution in [0.2, 0.25) is 0 Å². The average Bonchev–Trinajstić information content (AvgIpc) is 2.95. The fourth-order valence-electron chi connectivity index (χ4n) is 1.59. The Kier molecular flexibility index (Phi) is 4.44. The molecule has 2 amide bonds. The first kappa shape index (κ1) is 14.2. The average molecular weight is 290 g/mol. The van der Waals surface area contributed by atoms with Crippen LogP contribution in [0.4, 0.5) is 5.69 Å². The zero-order chi connectivity index (χ0) is 14.5. The van der Waals surface area contributed by atoms with Crippen molar-refractivity contribution in [3.63, 3.8) is 0 Å². The van der Waals surface area contributed by atoms with E-state index in [2.05, 4.69) is 15.6 Å². The van der Waals surface area contributed by atoms with Crippen LogP contribution >= 0.6 is 11.3 Å². The molecule has 6 nitrogen and oxygen atoms in total. The summed E-state index contributed by atoms with van der Waals surface area (Å²) >= 11 is 1.34. The van der Waals surface area contributed by atoms with Crippen molar-refractivity contribution in [1.82, 2.24) is 10.3 Å². The molecule has 0 aliphatic heterocycles. The standard InChI is InChI=1S/C13H14N4O2S/c1-15-12(18)8-3-2-4-9(5-8)16-13(19)10-7-20-11(6-14)17-10/h2-5,7H,6,14H2,1H3,(H,15,18)(H,16,19). The number of nitrogens with one attached hydrogen (secondary N) is 2. The van der Waals surface area contributed by atoms with Gasteiger partial charge in [-0.2, -0.15) is 0 Å². The molecule has 0 saturated carbocycles. The lowest BCUT2D eigenvalue weighted by molar-refractivity contribution is 0.0961. The Labute approximate surface area is 120 Å². The third-order valence-electron chi connectivity index (χ3n) is 2.57. The quantitative estimate of drug-likeness (QED) is 0.788. The normalized spacial score (nSPS) is 10.1. The Morgan fingerprint density at radius 2 is 2.15 bits per heavy atom. The van der Waals surface area contributed by atoms with E-state index in [4.69, 9.17) is 5.73 Å².